The van der Waals surface area contributed by atoms with Crippen LogP contribution < -0.4 is 10.1 Å². The molecule has 10 heteroatoms. The van der Waals surface area contributed by atoms with Gasteiger partial charge in [0.25, 0.3) is 5.91 Å². The Balaban J connectivity index is 1.46. The summed E-state index contributed by atoms with van der Waals surface area (Å²) >= 11 is 0. The average Bonchev–Trinajstić information content (AvgIpc) is 3.44. The van der Waals surface area contributed by atoms with Crippen LogP contribution in [0.5, 0.6) is 5.75 Å². The largest absolute Gasteiger partial charge is 0.494 e. The summed E-state index contributed by atoms with van der Waals surface area (Å²) in [6, 6.07) is 5.98. The maximum absolute atomic E-state index is 13.5. The molecule has 1 unspecified atom stereocenters. The summed E-state index contributed by atoms with van der Waals surface area (Å²) in [4.78, 5) is 26.7. The molecule has 3 heterocycles. The van der Waals surface area contributed by atoms with Crippen LogP contribution in [0.25, 0.3) is 0 Å². The average molecular weight is 410 g/mol. The molecule has 1 amide bonds. The van der Waals surface area contributed by atoms with Crippen LogP contribution in [0.3, 0.4) is 0 Å². The van der Waals surface area contributed by atoms with Crippen molar-refractivity contribution < 1.29 is 18.8 Å². The van der Waals surface area contributed by atoms with Gasteiger partial charge in [-0.1, -0.05) is 11.2 Å². The van der Waals surface area contributed by atoms with Crippen LogP contribution in [0.2, 0.25) is 0 Å². The third-order valence-corrected chi connectivity index (χ3v) is 4.59. The zero-order valence-electron chi connectivity index (χ0n) is 16.3. The van der Waals surface area contributed by atoms with Crippen LogP contribution in [0.15, 0.2) is 41.8 Å². The molecule has 154 valence electrons. The molecule has 1 aromatic carbocycles. The molecule has 9 nitrogen and oxygen atoms in total. The summed E-state index contributed by atoms with van der Waals surface area (Å²) < 4.78 is 18.5. The molecule has 1 aliphatic heterocycles. The highest BCUT2D eigenvalue weighted by Gasteiger charge is 2.26. The molecule has 0 aliphatic carbocycles. The van der Waals surface area contributed by atoms with Gasteiger partial charge < -0.3 is 14.9 Å². The minimum absolute atomic E-state index is 0.119. The highest BCUT2D eigenvalue weighted by atomic mass is 19.1. The first-order chi connectivity index (χ1) is 14.5. The van der Waals surface area contributed by atoms with E-state index in [0.717, 1.165) is 5.56 Å². The van der Waals surface area contributed by atoms with Crippen molar-refractivity contribution in [1.82, 2.24) is 25.5 Å². The van der Waals surface area contributed by atoms with E-state index in [1.807, 2.05) is 0 Å². The standard InChI is InChI=1S/C20H19FN6O3/c1-11-25-15(16-7-18(30-27-16)13-9-23-24-10-13)6-17(26-11)20(28)22-8-12-3-4-14(21)19(5-12)29-2/h3-6,9-10,18H,7-8H2,1-2H3,(H,22,28)(H,23,24). The summed E-state index contributed by atoms with van der Waals surface area (Å²) in [6.07, 6.45) is 3.68. The topological polar surface area (TPSA) is 114 Å². The van der Waals surface area contributed by atoms with Crippen molar-refractivity contribution in [2.45, 2.75) is 26.0 Å². The minimum atomic E-state index is -0.461. The van der Waals surface area contributed by atoms with Crippen molar-refractivity contribution >= 4 is 11.6 Å². The van der Waals surface area contributed by atoms with Crippen molar-refractivity contribution in [3.63, 3.8) is 0 Å². The number of aromatic nitrogens is 4. The Morgan fingerprint density at radius 3 is 3.00 bits per heavy atom. The number of aromatic amines is 1. The lowest BCUT2D eigenvalue weighted by Crippen LogP contribution is -2.25. The SMILES string of the molecule is COc1cc(CNC(=O)c2cc(C3=NOC(c4cn[nH]c4)C3)nc(C)n2)ccc1F. The Labute approximate surface area is 171 Å². The van der Waals surface area contributed by atoms with Gasteiger partial charge in [-0.05, 0) is 30.7 Å². The maximum atomic E-state index is 13.5. The number of amides is 1. The molecule has 2 aromatic heterocycles. The summed E-state index contributed by atoms with van der Waals surface area (Å²) in [5, 5.41) is 13.5. The molecular formula is C20H19FN6O3. The van der Waals surface area contributed by atoms with Crippen LogP contribution in [0, 0.1) is 12.7 Å². The quantitative estimate of drug-likeness (QED) is 0.645. The van der Waals surface area contributed by atoms with Crippen LogP contribution in [-0.4, -0.2) is 38.9 Å². The van der Waals surface area contributed by atoms with E-state index in [0.29, 0.717) is 29.2 Å². The van der Waals surface area contributed by atoms with Gasteiger partial charge in [0.15, 0.2) is 17.7 Å². The summed E-state index contributed by atoms with van der Waals surface area (Å²) in [5.74, 6) is -0.281. The zero-order valence-corrected chi connectivity index (χ0v) is 16.3. The number of halogens is 1. The number of nitrogens with one attached hydrogen (secondary N) is 2. The number of hydrogen-bond acceptors (Lipinski definition) is 7. The molecule has 0 spiro atoms. The first-order valence-corrected chi connectivity index (χ1v) is 9.21. The molecule has 0 bridgehead atoms. The van der Waals surface area contributed by atoms with Gasteiger partial charge in [-0.2, -0.15) is 5.10 Å². The fourth-order valence-corrected chi connectivity index (χ4v) is 3.06. The molecule has 30 heavy (non-hydrogen) atoms. The smallest absolute Gasteiger partial charge is 0.270 e. The predicted octanol–water partition coefficient (Wildman–Crippen LogP) is 2.45. The van der Waals surface area contributed by atoms with Crippen LogP contribution in [0.4, 0.5) is 4.39 Å². The van der Waals surface area contributed by atoms with Crippen LogP contribution >= 0.6 is 0 Å². The van der Waals surface area contributed by atoms with E-state index >= 15 is 0 Å². The van der Waals surface area contributed by atoms with E-state index in [9.17, 15) is 9.18 Å². The molecule has 0 saturated heterocycles. The van der Waals surface area contributed by atoms with Crippen molar-refractivity contribution in [1.29, 1.82) is 0 Å². The van der Waals surface area contributed by atoms with Gasteiger partial charge in [-0.3, -0.25) is 9.89 Å². The number of hydrogen-bond donors (Lipinski definition) is 2. The second kappa shape index (κ2) is 8.27. The Bertz CT molecular complexity index is 1100. The van der Waals surface area contributed by atoms with Crippen LogP contribution in [0.1, 0.15) is 45.7 Å². The normalized spacial score (nSPS) is 15.4. The van der Waals surface area contributed by atoms with Gasteiger partial charge in [-0.15, -0.1) is 0 Å². The number of methoxy groups -OCH3 is 1. The van der Waals surface area contributed by atoms with Crippen molar-refractivity contribution in [3.8, 4) is 5.75 Å². The summed E-state index contributed by atoms with van der Waals surface area (Å²) in [5.41, 5.74) is 2.95. The third kappa shape index (κ3) is 4.12. The number of ether oxygens (including phenoxy) is 1. The van der Waals surface area contributed by atoms with Gasteiger partial charge >= 0.3 is 0 Å². The van der Waals surface area contributed by atoms with Crippen LogP contribution in [-0.2, 0) is 11.4 Å². The Kier molecular flexibility index (Phi) is 5.38. The molecule has 4 rings (SSSR count). The molecule has 0 fully saturated rings. The fraction of sp³-hybridized carbons (Fsp3) is 0.250. The second-order valence-corrected chi connectivity index (χ2v) is 6.71. The Morgan fingerprint density at radius 2 is 2.23 bits per heavy atom. The van der Waals surface area contributed by atoms with Crippen molar-refractivity contribution in [3.05, 3.63) is 70.8 Å². The van der Waals surface area contributed by atoms with E-state index in [-0.39, 0.29) is 30.0 Å². The lowest BCUT2D eigenvalue weighted by atomic mass is 10.1. The van der Waals surface area contributed by atoms with Gasteiger partial charge in [-0.25, -0.2) is 14.4 Å². The number of aryl methyl sites for hydroxylation is 1. The number of carbonyl (C=O) groups excluding carboxylic acids is 1. The third-order valence-electron chi connectivity index (χ3n) is 4.59. The number of benzene rings is 1. The van der Waals surface area contributed by atoms with Gasteiger partial charge in [0.05, 0.1) is 19.0 Å². The van der Waals surface area contributed by atoms with E-state index in [2.05, 4.69) is 30.6 Å². The van der Waals surface area contributed by atoms with E-state index < -0.39 is 5.82 Å². The molecule has 0 radical (unpaired) electrons. The molecule has 1 atom stereocenters. The first kappa shape index (κ1) is 19.5. The second-order valence-electron chi connectivity index (χ2n) is 6.71. The number of carbonyl (C=O) groups is 1. The van der Waals surface area contributed by atoms with E-state index in [1.165, 1.54) is 19.2 Å². The monoisotopic (exact) mass is 410 g/mol. The zero-order chi connectivity index (χ0) is 21.1. The summed E-state index contributed by atoms with van der Waals surface area (Å²) in [6.45, 7) is 1.90. The molecule has 3 aromatic rings. The summed E-state index contributed by atoms with van der Waals surface area (Å²) in [7, 11) is 1.39. The molecule has 1 aliphatic rings. The van der Waals surface area contributed by atoms with Crippen molar-refractivity contribution in [2.75, 3.05) is 7.11 Å². The Hall–Kier alpha value is -3.82. The maximum Gasteiger partial charge on any atom is 0.270 e. The van der Waals surface area contributed by atoms with Gasteiger partial charge in [0, 0.05) is 24.7 Å². The fourth-order valence-electron chi connectivity index (χ4n) is 3.06. The lowest BCUT2D eigenvalue weighted by Gasteiger charge is -2.09. The molecule has 0 saturated carbocycles. The first-order valence-electron chi connectivity index (χ1n) is 9.21. The number of H-pyrrole nitrogens is 1. The van der Waals surface area contributed by atoms with E-state index in [4.69, 9.17) is 9.57 Å². The number of oxime groups is 1. The highest BCUT2D eigenvalue weighted by Crippen LogP contribution is 2.28. The number of rotatable bonds is 6. The minimum Gasteiger partial charge on any atom is -0.494 e. The Morgan fingerprint density at radius 1 is 1.37 bits per heavy atom. The molecular weight excluding hydrogens is 391 g/mol. The number of nitrogens with zero attached hydrogens (tertiary/aromatic N) is 4. The predicted molar refractivity (Wildman–Crippen MR) is 104 cm³/mol. The van der Waals surface area contributed by atoms with Crippen molar-refractivity contribution in [2.24, 2.45) is 5.16 Å². The highest BCUT2D eigenvalue weighted by molar-refractivity contribution is 6.02. The van der Waals surface area contributed by atoms with Gasteiger partial charge in [0.2, 0.25) is 0 Å². The van der Waals surface area contributed by atoms with Gasteiger partial charge in [0.1, 0.15) is 17.2 Å². The molecule has 2 N–H and O–H groups in total. The lowest BCUT2D eigenvalue weighted by molar-refractivity contribution is 0.0857. The van der Waals surface area contributed by atoms with E-state index in [1.54, 1.807) is 31.5 Å².